The van der Waals surface area contributed by atoms with Crippen LogP contribution in [0.25, 0.3) is 11.0 Å². The van der Waals surface area contributed by atoms with E-state index in [0.29, 0.717) is 16.5 Å². The Morgan fingerprint density at radius 3 is 2.78 bits per heavy atom. The smallest absolute Gasteiger partial charge is 0.338 e. The molecule has 0 radical (unpaired) electrons. The van der Waals surface area contributed by atoms with E-state index in [1.165, 1.54) is 24.3 Å². The number of carbonyl (C=O) groups is 1. The van der Waals surface area contributed by atoms with Gasteiger partial charge in [-0.15, -0.1) is 0 Å². The van der Waals surface area contributed by atoms with Crippen LogP contribution in [0.4, 0.5) is 4.39 Å². The number of fused-ring (bicyclic) bond motifs is 1. The summed E-state index contributed by atoms with van der Waals surface area (Å²) in [5.74, 6) is -1.18. The second kappa shape index (κ2) is 6.34. The largest absolute Gasteiger partial charge is 0.457 e. The highest BCUT2D eigenvalue weighted by Crippen LogP contribution is 2.22. The first-order valence-corrected chi connectivity index (χ1v) is 7.47. The lowest BCUT2D eigenvalue weighted by molar-refractivity contribution is 0.0473. The van der Waals surface area contributed by atoms with Crippen LogP contribution in [0.3, 0.4) is 0 Å². The van der Waals surface area contributed by atoms with Crippen molar-refractivity contribution < 1.29 is 18.3 Å². The molecule has 0 bridgehead atoms. The topological polar surface area (TPSA) is 56.5 Å². The Balaban J connectivity index is 1.87. The number of ether oxygens (including phenoxy) is 1. The fourth-order valence-electron chi connectivity index (χ4n) is 2.17. The van der Waals surface area contributed by atoms with Crippen molar-refractivity contribution in [2.24, 2.45) is 0 Å². The standard InChI is InChI=1S/C17H10BrFO4/c18-12-4-5-14-11(7-16(20)23-15(14)8-12)9-22-17(21)10-2-1-3-13(19)6-10/h1-8H,9H2. The number of hydrogen-bond donors (Lipinski definition) is 0. The number of hydrogen-bond acceptors (Lipinski definition) is 4. The Hall–Kier alpha value is -2.47. The maximum absolute atomic E-state index is 13.1. The minimum absolute atomic E-state index is 0.111. The summed E-state index contributed by atoms with van der Waals surface area (Å²) in [6.45, 7) is -0.112. The van der Waals surface area contributed by atoms with Crippen molar-refractivity contribution in [1.82, 2.24) is 0 Å². The lowest BCUT2D eigenvalue weighted by atomic mass is 10.1. The van der Waals surface area contributed by atoms with E-state index in [1.54, 1.807) is 18.2 Å². The SMILES string of the molecule is O=C(OCc1cc(=O)oc2cc(Br)ccc12)c1cccc(F)c1. The molecule has 23 heavy (non-hydrogen) atoms. The predicted octanol–water partition coefficient (Wildman–Crippen LogP) is 4.05. The zero-order valence-corrected chi connectivity index (χ0v) is 13.3. The second-order valence-corrected chi connectivity index (χ2v) is 5.73. The Labute approximate surface area is 138 Å². The van der Waals surface area contributed by atoms with Gasteiger partial charge in [0.1, 0.15) is 18.0 Å². The first-order chi connectivity index (χ1) is 11.0. The van der Waals surface area contributed by atoms with Crippen molar-refractivity contribution in [2.75, 3.05) is 0 Å². The molecule has 0 atom stereocenters. The third kappa shape index (κ3) is 3.48. The van der Waals surface area contributed by atoms with E-state index in [1.807, 2.05) is 0 Å². The van der Waals surface area contributed by atoms with E-state index < -0.39 is 17.4 Å². The van der Waals surface area contributed by atoms with Crippen LogP contribution in [0, 0.1) is 5.82 Å². The average molecular weight is 377 g/mol. The molecule has 3 rings (SSSR count). The van der Waals surface area contributed by atoms with E-state index in [2.05, 4.69) is 15.9 Å². The van der Waals surface area contributed by atoms with Gasteiger partial charge >= 0.3 is 11.6 Å². The van der Waals surface area contributed by atoms with E-state index in [9.17, 15) is 14.0 Å². The average Bonchev–Trinajstić information content (AvgIpc) is 2.51. The molecule has 0 aliphatic carbocycles. The first-order valence-electron chi connectivity index (χ1n) is 6.68. The molecule has 1 heterocycles. The third-order valence-corrected chi connectivity index (χ3v) is 3.70. The second-order valence-electron chi connectivity index (χ2n) is 4.82. The van der Waals surface area contributed by atoms with Gasteiger partial charge in [0.2, 0.25) is 0 Å². The molecule has 2 aromatic carbocycles. The molecule has 0 fully saturated rings. The highest BCUT2D eigenvalue weighted by molar-refractivity contribution is 9.10. The number of carbonyl (C=O) groups excluding carboxylic acids is 1. The molecule has 0 aliphatic rings. The van der Waals surface area contributed by atoms with Gasteiger partial charge in [-0.25, -0.2) is 14.0 Å². The van der Waals surface area contributed by atoms with Gasteiger partial charge < -0.3 is 9.15 Å². The van der Waals surface area contributed by atoms with Crippen molar-refractivity contribution in [3.05, 3.63) is 80.4 Å². The predicted molar refractivity (Wildman–Crippen MR) is 85.7 cm³/mol. The molecule has 4 nitrogen and oxygen atoms in total. The number of esters is 1. The van der Waals surface area contributed by atoms with E-state index in [-0.39, 0.29) is 12.2 Å². The molecule has 0 saturated heterocycles. The van der Waals surface area contributed by atoms with Crippen LogP contribution in [0.5, 0.6) is 0 Å². The van der Waals surface area contributed by atoms with Gasteiger partial charge in [-0.05, 0) is 36.4 Å². The quantitative estimate of drug-likeness (QED) is 0.511. The van der Waals surface area contributed by atoms with Crippen molar-refractivity contribution in [3.8, 4) is 0 Å². The lowest BCUT2D eigenvalue weighted by Gasteiger charge is -2.07. The number of benzene rings is 2. The van der Waals surface area contributed by atoms with E-state index in [0.717, 1.165) is 10.5 Å². The normalized spacial score (nSPS) is 10.7. The summed E-state index contributed by atoms with van der Waals surface area (Å²) in [7, 11) is 0. The monoisotopic (exact) mass is 376 g/mol. The Morgan fingerprint density at radius 1 is 1.17 bits per heavy atom. The summed E-state index contributed by atoms with van der Waals surface area (Å²) in [5, 5.41) is 0.667. The zero-order valence-electron chi connectivity index (χ0n) is 11.7. The molecular formula is C17H10BrFO4. The number of rotatable bonds is 3. The van der Waals surface area contributed by atoms with E-state index >= 15 is 0 Å². The molecule has 0 N–H and O–H groups in total. The Kier molecular flexibility index (Phi) is 4.25. The molecule has 0 saturated carbocycles. The van der Waals surface area contributed by atoms with Crippen molar-refractivity contribution in [1.29, 1.82) is 0 Å². The van der Waals surface area contributed by atoms with Crippen LogP contribution in [-0.4, -0.2) is 5.97 Å². The number of halogens is 2. The molecule has 0 amide bonds. The van der Waals surface area contributed by atoms with Crippen LogP contribution in [0.2, 0.25) is 0 Å². The van der Waals surface area contributed by atoms with Gasteiger partial charge in [-0.1, -0.05) is 22.0 Å². The van der Waals surface area contributed by atoms with Crippen LogP contribution in [-0.2, 0) is 11.3 Å². The maximum Gasteiger partial charge on any atom is 0.338 e. The van der Waals surface area contributed by atoms with Gasteiger partial charge in [-0.2, -0.15) is 0 Å². The van der Waals surface area contributed by atoms with Gasteiger partial charge in [0, 0.05) is 21.5 Å². The summed E-state index contributed by atoms with van der Waals surface area (Å²) in [6.07, 6.45) is 0. The Morgan fingerprint density at radius 2 is 2.00 bits per heavy atom. The van der Waals surface area contributed by atoms with Gasteiger partial charge in [0.05, 0.1) is 5.56 Å². The van der Waals surface area contributed by atoms with E-state index in [4.69, 9.17) is 9.15 Å². The fourth-order valence-corrected chi connectivity index (χ4v) is 2.51. The van der Waals surface area contributed by atoms with Crippen LogP contribution >= 0.6 is 15.9 Å². The summed E-state index contributed by atoms with van der Waals surface area (Å²) in [5.41, 5.74) is 0.490. The third-order valence-electron chi connectivity index (χ3n) is 3.21. The van der Waals surface area contributed by atoms with Gasteiger partial charge in [-0.3, -0.25) is 0 Å². The van der Waals surface area contributed by atoms with Crippen LogP contribution < -0.4 is 5.63 Å². The van der Waals surface area contributed by atoms with Crippen LogP contribution in [0.15, 0.2) is 62.2 Å². The molecule has 0 unspecified atom stereocenters. The van der Waals surface area contributed by atoms with Gasteiger partial charge in [0.25, 0.3) is 0 Å². The molecular weight excluding hydrogens is 367 g/mol. The highest BCUT2D eigenvalue weighted by Gasteiger charge is 2.11. The molecule has 3 aromatic rings. The first kappa shape index (κ1) is 15.4. The molecule has 116 valence electrons. The molecule has 6 heteroatoms. The molecule has 0 aliphatic heterocycles. The summed E-state index contributed by atoms with van der Waals surface area (Å²) < 4.78 is 24.2. The molecule has 1 aromatic heterocycles. The maximum atomic E-state index is 13.1. The van der Waals surface area contributed by atoms with Crippen molar-refractivity contribution in [3.63, 3.8) is 0 Å². The van der Waals surface area contributed by atoms with Gasteiger partial charge in [0.15, 0.2) is 0 Å². The minimum Gasteiger partial charge on any atom is -0.457 e. The summed E-state index contributed by atoms with van der Waals surface area (Å²) in [4.78, 5) is 23.6. The minimum atomic E-state index is -0.664. The van der Waals surface area contributed by atoms with Crippen molar-refractivity contribution >= 4 is 32.9 Å². The van der Waals surface area contributed by atoms with Crippen molar-refractivity contribution in [2.45, 2.75) is 6.61 Å². The summed E-state index contributed by atoms with van der Waals surface area (Å²) >= 11 is 3.30. The lowest BCUT2D eigenvalue weighted by Crippen LogP contribution is -2.08. The zero-order chi connectivity index (χ0) is 16.4. The summed E-state index contributed by atoms with van der Waals surface area (Å²) in [6, 6.07) is 11.7. The van der Waals surface area contributed by atoms with Crippen LogP contribution in [0.1, 0.15) is 15.9 Å². The highest BCUT2D eigenvalue weighted by atomic mass is 79.9. The fraction of sp³-hybridized carbons (Fsp3) is 0.0588. The molecule has 0 spiro atoms. The Bertz CT molecular complexity index is 949.